The van der Waals surface area contributed by atoms with Crippen molar-refractivity contribution in [1.29, 1.82) is 0 Å². The lowest BCUT2D eigenvalue weighted by molar-refractivity contribution is 0.0957. The predicted molar refractivity (Wildman–Crippen MR) is 57.9 cm³/mol. The monoisotopic (exact) mass is 231 g/mol. The second kappa shape index (κ2) is 4.52. The lowest BCUT2D eigenvalue weighted by atomic mass is 10.4. The molecule has 0 saturated carbocycles. The summed E-state index contributed by atoms with van der Waals surface area (Å²) in [4.78, 5) is 29.6. The van der Waals surface area contributed by atoms with Gasteiger partial charge in [-0.3, -0.25) is 9.59 Å². The van der Waals surface area contributed by atoms with Gasteiger partial charge in [-0.1, -0.05) is 0 Å². The third kappa shape index (κ3) is 2.17. The van der Waals surface area contributed by atoms with Crippen LogP contribution in [0.5, 0.6) is 0 Å². The van der Waals surface area contributed by atoms with E-state index < -0.39 is 0 Å². The van der Waals surface area contributed by atoms with E-state index in [0.29, 0.717) is 17.8 Å². The lowest BCUT2D eigenvalue weighted by Crippen LogP contribution is -2.18. The fourth-order valence-corrected chi connectivity index (χ4v) is 1.19. The molecule has 2 heterocycles. The number of carbonyl (C=O) groups is 2. The van der Waals surface area contributed by atoms with E-state index >= 15 is 0 Å². The first-order valence-corrected chi connectivity index (χ1v) is 4.80. The Hall–Kier alpha value is -2.57. The maximum atomic E-state index is 11.3. The zero-order valence-electron chi connectivity index (χ0n) is 8.99. The van der Waals surface area contributed by atoms with E-state index in [1.54, 1.807) is 12.3 Å². The molecule has 0 aliphatic heterocycles. The van der Waals surface area contributed by atoms with Crippen molar-refractivity contribution in [3.63, 3.8) is 0 Å². The van der Waals surface area contributed by atoms with Gasteiger partial charge >= 0.3 is 0 Å². The van der Waals surface area contributed by atoms with Gasteiger partial charge in [-0.2, -0.15) is 5.10 Å². The molecular formula is C10H9N5O2. The van der Waals surface area contributed by atoms with Crippen LogP contribution in [0.25, 0.3) is 5.95 Å². The summed E-state index contributed by atoms with van der Waals surface area (Å²) in [7, 11) is 1.52. The number of carbonyl (C=O) groups excluding carboxylic acids is 2. The van der Waals surface area contributed by atoms with Crippen LogP contribution in [0.1, 0.15) is 20.8 Å². The minimum Gasteiger partial charge on any atom is -0.354 e. The van der Waals surface area contributed by atoms with Gasteiger partial charge < -0.3 is 5.32 Å². The molecule has 0 aliphatic rings. The maximum absolute atomic E-state index is 11.3. The molecule has 2 rings (SSSR count). The first-order chi connectivity index (χ1) is 8.24. The second-order valence-corrected chi connectivity index (χ2v) is 3.16. The standard InChI is InChI=1S/C10H9N5O2/c1-11-9(17)8-2-3-15(14-8)10-12-4-7(6-16)5-13-10/h2-6H,1H3,(H,11,17). The maximum Gasteiger partial charge on any atom is 0.271 e. The van der Waals surface area contributed by atoms with E-state index in [9.17, 15) is 9.59 Å². The number of aromatic nitrogens is 4. The third-order valence-corrected chi connectivity index (χ3v) is 2.05. The average molecular weight is 231 g/mol. The van der Waals surface area contributed by atoms with Gasteiger partial charge in [0.05, 0.1) is 5.56 Å². The van der Waals surface area contributed by atoms with Crippen LogP contribution in [0, 0.1) is 0 Å². The van der Waals surface area contributed by atoms with Crippen LogP contribution in [-0.2, 0) is 0 Å². The van der Waals surface area contributed by atoms with Crippen molar-refractivity contribution in [1.82, 2.24) is 25.1 Å². The van der Waals surface area contributed by atoms with Gasteiger partial charge in [0.2, 0.25) is 5.95 Å². The average Bonchev–Trinajstić information content (AvgIpc) is 2.87. The summed E-state index contributed by atoms with van der Waals surface area (Å²) < 4.78 is 1.36. The number of nitrogens with zero attached hydrogens (tertiary/aromatic N) is 4. The van der Waals surface area contributed by atoms with Crippen molar-refractivity contribution in [2.45, 2.75) is 0 Å². The molecule has 0 radical (unpaired) electrons. The number of hydrogen-bond donors (Lipinski definition) is 1. The Labute approximate surface area is 96.5 Å². The third-order valence-electron chi connectivity index (χ3n) is 2.05. The summed E-state index contributed by atoms with van der Waals surface area (Å²) in [5, 5.41) is 6.46. The molecule has 0 unspecified atom stereocenters. The Kier molecular flexibility index (Phi) is 2.91. The Balaban J connectivity index is 2.30. The SMILES string of the molecule is CNC(=O)c1ccn(-c2ncc(C=O)cn2)n1. The molecule has 1 amide bonds. The summed E-state index contributed by atoms with van der Waals surface area (Å²) >= 11 is 0. The van der Waals surface area contributed by atoms with E-state index in [1.807, 2.05) is 0 Å². The van der Waals surface area contributed by atoms with Gasteiger partial charge in [0.25, 0.3) is 5.91 Å². The van der Waals surface area contributed by atoms with Crippen LogP contribution < -0.4 is 5.32 Å². The van der Waals surface area contributed by atoms with Crippen LogP contribution >= 0.6 is 0 Å². The molecule has 7 nitrogen and oxygen atoms in total. The second-order valence-electron chi connectivity index (χ2n) is 3.16. The zero-order chi connectivity index (χ0) is 12.3. The minimum atomic E-state index is -0.284. The van der Waals surface area contributed by atoms with E-state index in [1.165, 1.54) is 24.1 Å². The molecule has 0 aromatic carbocycles. The molecule has 7 heteroatoms. The fraction of sp³-hybridized carbons (Fsp3) is 0.100. The first-order valence-electron chi connectivity index (χ1n) is 4.80. The number of rotatable bonds is 3. The number of amides is 1. The topological polar surface area (TPSA) is 89.8 Å². The summed E-state index contributed by atoms with van der Waals surface area (Å²) in [6.07, 6.45) is 5.00. The predicted octanol–water partition coefficient (Wildman–Crippen LogP) is -0.166. The summed E-state index contributed by atoms with van der Waals surface area (Å²) in [6, 6.07) is 1.55. The minimum absolute atomic E-state index is 0.274. The molecular weight excluding hydrogens is 222 g/mol. The van der Waals surface area contributed by atoms with Crippen molar-refractivity contribution in [2.24, 2.45) is 0 Å². The van der Waals surface area contributed by atoms with Crippen molar-refractivity contribution in [2.75, 3.05) is 7.05 Å². The van der Waals surface area contributed by atoms with E-state index in [2.05, 4.69) is 20.4 Å². The quantitative estimate of drug-likeness (QED) is 0.741. The van der Waals surface area contributed by atoms with Crippen LogP contribution in [0.4, 0.5) is 0 Å². The zero-order valence-corrected chi connectivity index (χ0v) is 8.99. The summed E-state index contributed by atoms with van der Waals surface area (Å²) in [5.74, 6) is 0.0130. The molecule has 0 spiro atoms. The number of nitrogens with one attached hydrogen (secondary N) is 1. The highest BCUT2D eigenvalue weighted by atomic mass is 16.1. The molecule has 2 aromatic rings. The van der Waals surface area contributed by atoms with Crippen molar-refractivity contribution in [3.05, 3.63) is 35.9 Å². The van der Waals surface area contributed by atoms with Gasteiger partial charge in [-0.15, -0.1) is 0 Å². The smallest absolute Gasteiger partial charge is 0.271 e. The van der Waals surface area contributed by atoms with Crippen molar-refractivity contribution >= 4 is 12.2 Å². The van der Waals surface area contributed by atoms with E-state index in [-0.39, 0.29) is 11.6 Å². The van der Waals surface area contributed by atoms with Crippen LogP contribution in [0.2, 0.25) is 0 Å². The van der Waals surface area contributed by atoms with Crippen molar-refractivity contribution in [3.8, 4) is 5.95 Å². The Morgan fingerprint density at radius 3 is 2.71 bits per heavy atom. The van der Waals surface area contributed by atoms with E-state index in [4.69, 9.17) is 0 Å². The molecule has 0 saturated heterocycles. The number of aldehydes is 1. The molecule has 0 bridgehead atoms. The summed E-state index contributed by atoms with van der Waals surface area (Å²) in [5.41, 5.74) is 0.656. The first kappa shape index (κ1) is 10.9. The molecule has 17 heavy (non-hydrogen) atoms. The van der Waals surface area contributed by atoms with Gasteiger partial charge in [-0.25, -0.2) is 14.6 Å². The van der Waals surface area contributed by atoms with Crippen LogP contribution in [0.3, 0.4) is 0 Å². The Morgan fingerprint density at radius 1 is 1.41 bits per heavy atom. The molecule has 0 aliphatic carbocycles. The molecule has 2 aromatic heterocycles. The highest BCUT2D eigenvalue weighted by Crippen LogP contribution is 2.02. The highest BCUT2D eigenvalue weighted by Gasteiger charge is 2.09. The molecule has 0 atom stereocenters. The van der Waals surface area contributed by atoms with E-state index in [0.717, 1.165) is 0 Å². The Morgan fingerprint density at radius 2 is 2.12 bits per heavy atom. The van der Waals surface area contributed by atoms with Crippen LogP contribution in [-0.4, -0.2) is 39.0 Å². The fourth-order valence-electron chi connectivity index (χ4n) is 1.19. The Bertz CT molecular complexity index is 546. The van der Waals surface area contributed by atoms with Gasteiger partial charge in [0, 0.05) is 25.6 Å². The molecule has 0 fully saturated rings. The van der Waals surface area contributed by atoms with Gasteiger partial charge in [0.1, 0.15) is 0 Å². The molecule has 86 valence electrons. The largest absolute Gasteiger partial charge is 0.354 e. The molecule has 1 N–H and O–H groups in total. The van der Waals surface area contributed by atoms with Crippen LogP contribution in [0.15, 0.2) is 24.7 Å². The van der Waals surface area contributed by atoms with Gasteiger partial charge in [-0.05, 0) is 6.07 Å². The number of hydrogen-bond acceptors (Lipinski definition) is 5. The normalized spacial score (nSPS) is 9.94. The highest BCUT2D eigenvalue weighted by molar-refractivity contribution is 5.91. The summed E-state index contributed by atoms with van der Waals surface area (Å²) in [6.45, 7) is 0. The van der Waals surface area contributed by atoms with Crippen molar-refractivity contribution < 1.29 is 9.59 Å². The van der Waals surface area contributed by atoms with Gasteiger partial charge in [0.15, 0.2) is 12.0 Å². The lowest BCUT2D eigenvalue weighted by Gasteiger charge is -1.98.